The number of carbonyl (C=O) groups is 2. The Bertz CT molecular complexity index is 1050. The number of ketones is 1. The summed E-state index contributed by atoms with van der Waals surface area (Å²) in [6.07, 6.45) is 0.521. The van der Waals surface area contributed by atoms with E-state index in [2.05, 4.69) is 0 Å². The van der Waals surface area contributed by atoms with E-state index in [1.165, 1.54) is 4.90 Å². The average molecular weight is 464 g/mol. The molecule has 0 bridgehead atoms. The molecule has 1 heterocycles. The van der Waals surface area contributed by atoms with Gasteiger partial charge < -0.3 is 19.5 Å². The molecule has 8 heteroatoms. The summed E-state index contributed by atoms with van der Waals surface area (Å²) in [5, 5.41) is 11.8. The van der Waals surface area contributed by atoms with Gasteiger partial charge in [0.2, 0.25) is 0 Å². The average Bonchev–Trinajstić information content (AvgIpc) is 2.98. The number of carbonyl (C=O) groups excluding carboxylic acids is 2. The second-order valence-corrected chi connectivity index (χ2v) is 8.03. The number of hydrogen-bond acceptors (Lipinski definition) is 5. The Balaban J connectivity index is 2.17. The number of aliphatic hydroxyl groups is 1. The maximum absolute atomic E-state index is 13.0. The van der Waals surface area contributed by atoms with Crippen LogP contribution in [0.4, 0.5) is 0 Å². The quantitative estimate of drug-likeness (QED) is 0.277. The third kappa shape index (κ3) is 4.56. The SMILES string of the molecule is COCCCN1C(=O)C(=O)/C(=C(/O)c2ccc(OC)c(C)c2)[C@H]1c1ccc(Cl)cc1Cl. The molecule has 1 saturated heterocycles. The van der Waals surface area contributed by atoms with E-state index >= 15 is 0 Å². The van der Waals surface area contributed by atoms with E-state index in [0.29, 0.717) is 39.9 Å². The fourth-order valence-electron chi connectivity index (χ4n) is 3.72. The zero-order valence-electron chi connectivity index (χ0n) is 17.4. The van der Waals surface area contributed by atoms with Gasteiger partial charge in [0.25, 0.3) is 11.7 Å². The van der Waals surface area contributed by atoms with Crippen molar-refractivity contribution in [2.24, 2.45) is 0 Å². The summed E-state index contributed by atoms with van der Waals surface area (Å²) in [6, 6.07) is 9.04. The first-order valence-electron chi connectivity index (χ1n) is 9.67. The highest BCUT2D eigenvalue weighted by Crippen LogP contribution is 2.42. The number of hydrogen-bond donors (Lipinski definition) is 1. The van der Waals surface area contributed by atoms with Gasteiger partial charge in [-0.05, 0) is 54.8 Å². The molecule has 2 aromatic carbocycles. The van der Waals surface area contributed by atoms with Crippen LogP contribution in [0.1, 0.15) is 29.2 Å². The Morgan fingerprint density at radius 3 is 2.48 bits per heavy atom. The number of benzene rings is 2. The van der Waals surface area contributed by atoms with Crippen LogP contribution in [0.2, 0.25) is 10.0 Å². The van der Waals surface area contributed by atoms with E-state index in [1.807, 2.05) is 6.92 Å². The third-order valence-corrected chi connectivity index (χ3v) is 5.78. The molecule has 0 aromatic heterocycles. The highest BCUT2D eigenvalue weighted by Gasteiger charge is 2.46. The van der Waals surface area contributed by atoms with Crippen LogP contribution in [0.5, 0.6) is 5.75 Å². The summed E-state index contributed by atoms with van der Waals surface area (Å²) >= 11 is 12.5. The Morgan fingerprint density at radius 1 is 1.13 bits per heavy atom. The number of halogens is 2. The summed E-state index contributed by atoms with van der Waals surface area (Å²) in [4.78, 5) is 27.3. The fraction of sp³-hybridized carbons (Fsp3) is 0.304. The van der Waals surface area contributed by atoms with Gasteiger partial charge in [-0.25, -0.2) is 0 Å². The van der Waals surface area contributed by atoms with Crippen molar-refractivity contribution in [1.82, 2.24) is 4.90 Å². The number of nitrogens with zero attached hydrogens (tertiary/aromatic N) is 1. The lowest BCUT2D eigenvalue weighted by Crippen LogP contribution is -2.31. The molecule has 0 saturated carbocycles. The minimum Gasteiger partial charge on any atom is -0.507 e. The normalized spacial score (nSPS) is 18.0. The van der Waals surface area contributed by atoms with Crippen LogP contribution < -0.4 is 4.74 Å². The number of aliphatic hydroxyl groups excluding tert-OH is 1. The van der Waals surface area contributed by atoms with Gasteiger partial charge in [0.15, 0.2) is 0 Å². The number of likely N-dealkylation sites (tertiary alicyclic amines) is 1. The number of methoxy groups -OCH3 is 2. The van der Waals surface area contributed by atoms with Crippen molar-refractivity contribution < 1.29 is 24.2 Å². The van der Waals surface area contributed by atoms with Crippen LogP contribution in [0, 0.1) is 6.92 Å². The Morgan fingerprint density at radius 2 is 1.87 bits per heavy atom. The summed E-state index contributed by atoms with van der Waals surface area (Å²) in [5.74, 6) is -1.08. The molecular weight excluding hydrogens is 441 g/mol. The summed E-state index contributed by atoms with van der Waals surface area (Å²) in [7, 11) is 3.11. The topological polar surface area (TPSA) is 76.1 Å². The van der Waals surface area contributed by atoms with E-state index in [1.54, 1.807) is 50.6 Å². The van der Waals surface area contributed by atoms with Gasteiger partial charge in [0, 0.05) is 35.9 Å². The van der Waals surface area contributed by atoms with Crippen molar-refractivity contribution in [3.63, 3.8) is 0 Å². The number of amides is 1. The van der Waals surface area contributed by atoms with Gasteiger partial charge in [-0.15, -0.1) is 0 Å². The largest absolute Gasteiger partial charge is 0.507 e. The lowest BCUT2D eigenvalue weighted by molar-refractivity contribution is -0.140. The zero-order chi connectivity index (χ0) is 22.7. The maximum Gasteiger partial charge on any atom is 0.295 e. The number of Topliss-reactive ketones (excluding diaryl/α,β-unsaturated/α-hetero) is 1. The molecule has 31 heavy (non-hydrogen) atoms. The number of aryl methyl sites for hydroxylation is 1. The van der Waals surface area contributed by atoms with Gasteiger partial charge in [-0.3, -0.25) is 9.59 Å². The lowest BCUT2D eigenvalue weighted by Gasteiger charge is -2.26. The predicted molar refractivity (Wildman–Crippen MR) is 120 cm³/mol. The van der Waals surface area contributed by atoms with Gasteiger partial charge >= 0.3 is 0 Å². The molecule has 0 aliphatic carbocycles. The van der Waals surface area contributed by atoms with Crippen LogP contribution in [-0.4, -0.2) is 49.1 Å². The standard InChI is InChI=1S/C23H23Cl2NO5/c1-13-11-14(5-8-18(13)31-3)21(27)19-20(16-7-6-15(24)12-17(16)25)26(9-4-10-30-2)23(29)22(19)28/h5-8,11-12,20,27H,4,9-10H2,1-3H3/b21-19+/t20-/m1/s1. The molecule has 3 rings (SSSR count). The molecule has 1 aliphatic rings. The predicted octanol–water partition coefficient (Wildman–Crippen LogP) is 4.77. The molecule has 6 nitrogen and oxygen atoms in total. The fourth-order valence-corrected chi connectivity index (χ4v) is 4.23. The van der Waals surface area contributed by atoms with E-state index in [4.69, 9.17) is 32.7 Å². The van der Waals surface area contributed by atoms with Crippen LogP contribution in [-0.2, 0) is 14.3 Å². The van der Waals surface area contributed by atoms with Crippen molar-refractivity contribution in [2.45, 2.75) is 19.4 Å². The van der Waals surface area contributed by atoms with Gasteiger partial charge in [-0.2, -0.15) is 0 Å². The number of ether oxygens (including phenoxy) is 2. The van der Waals surface area contributed by atoms with Crippen LogP contribution in [0.15, 0.2) is 42.0 Å². The third-order valence-electron chi connectivity index (χ3n) is 5.21. The molecule has 1 amide bonds. The molecule has 0 spiro atoms. The van der Waals surface area contributed by atoms with Crippen LogP contribution >= 0.6 is 23.2 Å². The first-order chi connectivity index (χ1) is 14.8. The van der Waals surface area contributed by atoms with Crippen molar-refractivity contribution >= 4 is 40.7 Å². The Hall–Kier alpha value is -2.54. The molecule has 1 aliphatic heterocycles. The maximum atomic E-state index is 13.0. The number of rotatable bonds is 7. The monoisotopic (exact) mass is 463 g/mol. The molecular formula is C23H23Cl2NO5. The van der Waals surface area contributed by atoms with E-state index in [9.17, 15) is 14.7 Å². The van der Waals surface area contributed by atoms with Crippen molar-refractivity contribution in [1.29, 1.82) is 0 Å². The van der Waals surface area contributed by atoms with Crippen molar-refractivity contribution in [3.05, 3.63) is 68.7 Å². The molecule has 1 atom stereocenters. The summed E-state index contributed by atoms with van der Waals surface area (Å²) < 4.78 is 10.3. The molecule has 0 unspecified atom stereocenters. The van der Waals surface area contributed by atoms with E-state index in [-0.39, 0.29) is 17.9 Å². The van der Waals surface area contributed by atoms with E-state index in [0.717, 1.165) is 5.56 Å². The molecule has 1 N–H and O–H groups in total. The van der Waals surface area contributed by atoms with Gasteiger partial charge in [-0.1, -0.05) is 29.3 Å². The van der Waals surface area contributed by atoms with Crippen LogP contribution in [0.25, 0.3) is 5.76 Å². The molecule has 2 aromatic rings. The summed E-state index contributed by atoms with van der Waals surface area (Å²) in [6.45, 7) is 2.51. The van der Waals surface area contributed by atoms with Crippen molar-refractivity contribution in [2.75, 3.05) is 27.4 Å². The highest BCUT2D eigenvalue weighted by atomic mass is 35.5. The second kappa shape index (κ2) is 9.73. The first kappa shape index (κ1) is 23.1. The molecule has 1 fully saturated rings. The highest BCUT2D eigenvalue weighted by molar-refractivity contribution is 6.47. The smallest absolute Gasteiger partial charge is 0.295 e. The first-order valence-corrected chi connectivity index (χ1v) is 10.4. The van der Waals surface area contributed by atoms with E-state index < -0.39 is 17.7 Å². The molecule has 164 valence electrons. The zero-order valence-corrected chi connectivity index (χ0v) is 19.0. The summed E-state index contributed by atoms with van der Waals surface area (Å²) in [5.41, 5.74) is 1.68. The van der Waals surface area contributed by atoms with Gasteiger partial charge in [0.05, 0.1) is 18.7 Å². The Kier molecular flexibility index (Phi) is 7.26. The minimum atomic E-state index is -0.843. The second-order valence-electron chi connectivity index (χ2n) is 7.19. The minimum absolute atomic E-state index is 0.0174. The molecule has 0 radical (unpaired) electrons. The Labute approximate surface area is 191 Å². The van der Waals surface area contributed by atoms with Crippen molar-refractivity contribution in [3.8, 4) is 5.75 Å². The van der Waals surface area contributed by atoms with Gasteiger partial charge in [0.1, 0.15) is 11.5 Å². The van der Waals surface area contributed by atoms with Crippen LogP contribution in [0.3, 0.4) is 0 Å². The lowest BCUT2D eigenvalue weighted by atomic mass is 9.94.